The molecule has 0 bridgehead atoms. The van der Waals surface area contributed by atoms with Crippen LogP contribution in [-0.2, 0) is 17.9 Å². The number of rotatable bonds is 5. The number of nitrogens with one attached hydrogen (secondary N) is 1. The van der Waals surface area contributed by atoms with Gasteiger partial charge in [-0.15, -0.1) is 5.10 Å². The first-order valence-corrected chi connectivity index (χ1v) is 8.25. The molecule has 1 aliphatic rings. The molecule has 130 valence electrons. The van der Waals surface area contributed by atoms with E-state index >= 15 is 0 Å². The number of nitrogens with zero attached hydrogens (tertiary/aromatic N) is 7. The smallest absolute Gasteiger partial charge is 0.342 e. The van der Waals surface area contributed by atoms with Crippen LogP contribution in [0, 0.1) is 6.92 Å². The molecular weight excluding hydrogens is 312 g/mol. The van der Waals surface area contributed by atoms with Crippen molar-refractivity contribution in [1.82, 2.24) is 39.9 Å². The van der Waals surface area contributed by atoms with Crippen LogP contribution in [-0.4, -0.2) is 58.9 Å². The molecular formula is C14H22N8O2. The van der Waals surface area contributed by atoms with Crippen LogP contribution in [0.1, 0.15) is 43.8 Å². The highest BCUT2D eigenvalue weighted by molar-refractivity contribution is 5.76. The van der Waals surface area contributed by atoms with Crippen molar-refractivity contribution in [2.75, 3.05) is 13.1 Å². The van der Waals surface area contributed by atoms with Gasteiger partial charge in [0.25, 0.3) is 0 Å². The molecule has 3 rings (SSSR count). The number of aromatic nitrogens is 7. The third-order valence-electron chi connectivity index (χ3n) is 4.49. The molecule has 1 unspecified atom stereocenters. The maximum absolute atomic E-state index is 12.5. The average Bonchev–Trinajstić information content (AvgIpc) is 3.18. The second kappa shape index (κ2) is 6.93. The van der Waals surface area contributed by atoms with E-state index in [1.165, 1.54) is 0 Å². The number of amides is 1. The van der Waals surface area contributed by atoms with E-state index in [0.29, 0.717) is 31.9 Å². The maximum atomic E-state index is 12.5. The summed E-state index contributed by atoms with van der Waals surface area (Å²) in [6.45, 7) is 6.11. The zero-order valence-electron chi connectivity index (χ0n) is 14.0. The van der Waals surface area contributed by atoms with Gasteiger partial charge >= 0.3 is 5.69 Å². The van der Waals surface area contributed by atoms with Crippen molar-refractivity contribution in [2.45, 2.75) is 52.1 Å². The van der Waals surface area contributed by atoms with Crippen molar-refractivity contribution < 1.29 is 4.79 Å². The lowest BCUT2D eigenvalue weighted by Crippen LogP contribution is -2.40. The van der Waals surface area contributed by atoms with Gasteiger partial charge in [0.05, 0.1) is 6.54 Å². The Morgan fingerprint density at radius 2 is 2.25 bits per heavy atom. The van der Waals surface area contributed by atoms with E-state index in [9.17, 15) is 9.59 Å². The molecule has 1 fully saturated rings. The molecule has 1 amide bonds. The Bertz CT molecular complexity index is 761. The SMILES string of the molecule is CCn1c(C2CCCN(C(=O)CCn3nnnc3C)C2)n[nH]c1=O. The third-order valence-corrected chi connectivity index (χ3v) is 4.49. The van der Waals surface area contributed by atoms with Crippen LogP contribution in [0.2, 0.25) is 0 Å². The van der Waals surface area contributed by atoms with E-state index in [1.54, 1.807) is 9.25 Å². The summed E-state index contributed by atoms with van der Waals surface area (Å²) in [4.78, 5) is 26.1. The molecule has 0 spiro atoms. The van der Waals surface area contributed by atoms with Gasteiger partial charge in [-0.3, -0.25) is 9.36 Å². The summed E-state index contributed by atoms with van der Waals surface area (Å²) in [7, 11) is 0. The molecule has 0 radical (unpaired) electrons. The molecule has 2 aromatic rings. The van der Waals surface area contributed by atoms with Crippen LogP contribution >= 0.6 is 0 Å². The van der Waals surface area contributed by atoms with Crippen molar-refractivity contribution in [2.24, 2.45) is 0 Å². The van der Waals surface area contributed by atoms with Crippen molar-refractivity contribution in [3.63, 3.8) is 0 Å². The number of aromatic amines is 1. The Morgan fingerprint density at radius 1 is 1.42 bits per heavy atom. The van der Waals surface area contributed by atoms with Crippen LogP contribution in [0.3, 0.4) is 0 Å². The zero-order chi connectivity index (χ0) is 17.1. The van der Waals surface area contributed by atoms with Gasteiger partial charge in [0, 0.05) is 32.0 Å². The average molecular weight is 334 g/mol. The predicted molar refractivity (Wildman–Crippen MR) is 84.2 cm³/mol. The quantitative estimate of drug-likeness (QED) is 0.801. The van der Waals surface area contributed by atoms with Gasteiger partial charge in [0.1, 0.15) is 11.6 Å². The number of H-pyrrole nitrogens is 1. The van der Waals surface area contributed by atoms with E-state index in [4.69, 9.17) is 0 Å². The first kappa shape index (κ1) is 16.3. The molecule has 3 heterocycles. The minimum atomic E-state index is -0.190. The molecule has 1 aliphatic heterocycles. The van der Waals surface area contributed by atoms with Crippen LogP contribution in [0.15, 0.2) is 4.79 Å². The van der Waals surface area contributed by atoms with Gasteiger partial charge in [0.15, 0.2) is 0 Å². The van der Waals surface area contributed by atoms with Gasteiger partial charge in [-0.2, -0.15) is 5.10 Å². The van der Waals surface area contributed by atoms with E-state index < -0.39 is 0 Å². The zero-order valence-corrected chi connectivity index (χ0v) is 14.0. The molecule has 1 N–H and O–H groups in total. The lowest BCUT2D eigenvalue weighted by molar-refractivity contribution is -0.132. The Morgan fingerprint density at radius 3 is 2.96 bits per heavy atom. The summed E-state index contributed by atoms with van der Waals surface area (Å²) in [5, 5.41) is 17.9. The highest BCUT2D eigenvalue weighted by Crippen LogP contribution is 2.25. The first-order chi connectivity index (χ1) is 11.6. The lowest BCUT2D eigenvalue weighted by atomic mass is 9.97. The predicted octanol–water partition coefficient (Wildman–Crippen LogP) is -0.317. The number of likely N-dealkylation sites (tertiary alicyclic amines) is 1. The summed E-state index contributed by atoms with van der Waals surface area (Å²) >= 11 is 0. The molecule has 1 saturated heterocycles. The van der Waals surface area contributed by atoms with Gasteiger partial charge in [-0.1, -0.05) is 0 Å². The Labute approximate surface area is 138 Å². The van der Waals surface area contributed by atoms with Crippen molar-refractivity contribution in [1.29, 1.82) is 0 Å². The number of piperidine rings is 1. The van der Waals surface area contributed by atoms with Gasteiger partial charge in [-0.05, 0) is 37.1 Å². The third kappa shape index (κ3) is 3.22. The standard InChI is InChI=1S/C14H22N8O2/c1-3-21-13(16-17-14(21)24)11-5-4-7-20(9-11)12(23)6-8-22-10(2)15-18-19-22/h11H,3-9H2,1-2H3,(H,17,24). The molecule has 0 aliphatic carbocycles. The number of carbonyl (C=O) groups is 1. The first-order valence-electron chi connectivity index (χ1n) is 8.25. The summed E-state index contributed by atoms with van der Waals surface area (Å²) in [5.41, 5.74) is -0.190. The molecule has 1 atom stereocenters. The Hall–Kier alpha value is -2.52. The number of carbonyl (C=O) groups excluding carboxylic acids is 1. The second-order valence-electron chi connectivity index (χ2n) is 6.01. The highest BCUT2D eigenvalue weighted by Gasteiger charge is 2.28. The van der Waals surface area contributed by atoms with Crippen molar-refractivity contribution >= 4 is 5.91 Å². The maximum Gasteiger partial charge on any atom is 0.343 e. The van der Waals surface area contributed by atoms with Crippen LogP contribution in [0.4, 0.5) is 0 Å². The summed E-state index contributed by atoms with van der Waals surface area (Å²) in [5.74, 6) is 1.62. The number of hydrogen-bond donors (Lipinski definition) is 1. The van der Waals surface area contributed by atoms with E-state index in [-0.39, 0.29) is 17.5 Å². The fourth-order valence-corrected chi connectivity index (χ4v) is 3.18. The van der Waals surface area contributed by atoms with E-state index in [0.717, 1.165) is 25.2 Å². The van der Waals surface area contributed by atoms with Crippen LogP contribution < -0.4 is 5.69 Å². The van der Waals surface area contributed by atoms with Crippen LogP contribution in [0.5, 0.6) is 0 Å². The summed E-state index contributed by atoms with van der Waals surface area (Å²) in [6.07, 6.45) is 2.20. The largest absolute Gasteiger partial charge is 0.343 e. The number of aryl methyl sites for hydroxylation is 2. The van der Waals surface area contributed by atoms with Gasteiger partial charge in [-0.25, -0.2) is 14.6 Å². The Kier molecular flexibility index (Phi) is 4.72. The van der Waals surface area contributed by atoms with E-state index in [2.05, 4.69) is 25.7 Å². The number of tetrazole rings is 1. The lowest BCUT2D eigenvalue weighted by Gasteiger charge is -2.32. The molecule has 2 aromatic heterocycles. The van der Waals surface area contributed by atoms with Crippen molar-refractivity contribution in [3.05, 3.63) is 22.1 Å². The molecule has 0 aromatic carbocycles. The Balaban J connectivity index is 1.63. The fraction of sp³-hybridized carbons (Fsp3) is 0.714. The molecule has 10 nitrogen and oxygen atoms in total. The monoisotopic (exact) mass is 334 g/mol. The topological polar surface area (TPSA) is 115 Å². The molecule has 24 heavy (non-hydrogen) atoms. The van der Waals surface area contributed by atoms with E-state index in [1.807, 2.05) is 18.7 Å². The molecule has 0 saturated carbocycles. The minimum Gasteiger partial charge on any atom is -0.342 e. The van der Waals surface area contributed by atoms with Gasteiger partial charge < -0.3 is 4.90 Å². The summed E-state index contributed by atoms with van der Waals surface area (Å²) < 4.78 is 3.27. The summed E-state index contributed by atoms with van der Waals surface area (Å²) in [6, 6.07) is 0. The van der Waals surface area contributed by atoms with Crippen LogP contribution in [0.25, 0.3) is 0 Å². The highest BCUT2D eigenvalue weighted by atomic mass is 16.2. The number of hydrogen-bond acceptors (Lipinski definition) is 6. The normalized spacial score (nSPS) is 18.1. The molecule has 10 heteroatoms. The minimum absolute atomic E-state index is 0.0792. The van der Waals surface area contributed by atoms with Gasteiger partial charge in [0.2, 0.25) is 5.91 Å². The fourth-order valence-electron chi connectivity index (χ4n) is 3.18. The van der Waals surface area contributed by atoms with Crippen molar-refractivity contribution in [3.8, 4) is 0 Å². The second-order valence-corrected chi connectivity index (χ2v) is 6.01.